The molecule has 0 bridgehead atoms. The molecule has 30 heavy (non-hydrogen) atoms. The van der Waals surface area contributed by atoms with Gasteiger partial charge in [-0.1, -0.05) is 29.3 Å². The third kappa shape index (κ3) is 3.35. The lowest BCUT2D eigenvalue weighted by atomic mass is 9.90. The molecule has 0 spiro atoms. The van der Waals surface area contributed by atoms with E-state index < -0.39 is 39.1 Å². The fraction of sp³-hybridized carbons (Fsp3) is 0.0526. The number of alkyl halides is 1. The van der Waals surface area contributed by atoms with Gasteiger partial charge in [-0.3, -0.25) is 14.3 Å². The average molecular weight is 451 g/mol. The minimum atomic E-state index is -2.32. The van der Waals surface area contributed by atoms with Crippen LogP contribution in [0.1, 0.15) is 16.7 Å². The summed E-state index contributed by atoms with van der Waals surface area (Å²) < 4.78 is 42.1. The number of benzene rings is 2. The molecule has 1 heterocycles. The van der Waals surface area contributed by atoms with E-state index in [4.69, 9.17) is 28.5 Å². The molecule has 1 aromatic heterocycles. The number of hydrogen-bond acceptors (Lipinski definition) is 4. The van der Waals surface area contributed by atoms with Crippen molar-refractivity contribution in [2.24, 2.45) is 0 Å². The molecule has 0 aliphatic carbocycles. The fourth-order valence-corrected chi connectivity index (χ4v) is 3.41. The number of halogens is 5. The smallest absolute Gasteiger partial charge is 0.273 e. The van der Waals surface area contributed by atoms with Crippen LogP contribution in [0.4, 0.5) is 13.2 Å². The van der Waals surface area contributed by atoms with Gasteiger partial charge in [0.05, 0.1) is 11.8 Å². The first kappa shape index (κ1) is 21.2. The van der Waals surface area contributed by atoms with Crippen LogP contribution in [0.3, 0.4) is 0 Å². The molecule has 6 nitrogen and oxygen atoms in total. The lowest BCUT2D eigenvalue weighted by molar-refractivity contribution is 0.439. The zero-order valence-corrected chi connectivity index (χ0v) is 16.0. The van der Waals surface area contributed by atoms with Gasteiger partial charge in [0.2, 0.25) is 0 Å². The Balaban J connectivity index is 2.20. The summed E-state index contributed by atoms with van der Waals surface area (Å²) in [5.41, 5.74) is -2.83. The number of H-pyrrole nitrogens is 1. The lowest BCUT2D eigenvalue weighted by Crippen LogP contribution is -2.30. The molecule has 150 valence electrons. The second-order valence-corrected chi connectivity index (χ2v) is 6.92. The molecule has 0 amide bonds. The first-order chi connectivity index (χ1) is 14.1. The number of hydrogen-bond donors (Lipinski definition) is 1. The topological polar surface area (TPSA) is 102 Å². The summed E-state index contributed by atoms with van der Waals surface area (Å²) in [6, 6.07) is 8.30. The van der Waals surface area contributed by atoms with Crippen LogP contribution in [0, 0.1) is 40.1 Å². The van der Waals surface area contributed by atoms with Crippen LogP contribution in [-0.4, -0.2) is 9.55 Å². The van der Waals surface area contributed by atoms with Gasteiger partial charge >= 0.3 is 5.69 Å². The van der Waals surface area contributed by atoms with Crippen molar-refractivity contribution in [2.75, 3.05) is 0 Å². The third-order valence-corrected chi connectivity index (χ3v) is 5.03. The molecular formula is C19H7Cl2F3N4O2. The molecule has 3 rings (SSSR count). The van der Waals surface area contributed by atoms with Gasteiger partial charge in [0.1, 0.15) is 11.6 Å². The van der Waals surface area contributed by atoms with Crippen LogP contribution < -0.4 is 11.2 Å². The van der Waals surface area contributed by atoms with E-state index in [1.165, 1.54) is 18.2 Å². The maximum atomic E-state index is 14.3. The van der Waals surface area contributed by atoms with Crippen LogP contribution in [-0.2, 0) is 4.87 Å². The summed E-state index contributed by atoms with van der Waals surface area (Å²) in [6.07, 6.45) is 0.986. The number of aromatic amines is 1. The van der Waals surface area contributed by atoms with Gasteiger partial charge in [0.25, 0.3) is 5.56 Å². The number of nitrogens with zero attached hydrogens (tertiary/aromatic N) is 3. The van der Waals surface area contributed by atoms with Gasteiger partial charge in [-0.2, -0.15) is 10.5 Å². The minimum Gasteiger partial charge on any atom is -0.273 e. The minimum absolute atomic E-state index is 0.0872. The molecule has 3 aromatic rings. The van der Waals surface area contributed by atoms with Gasteiger partial charge in [-0.25, -0.2) is 18.0 Å². The van der Waals surface area contributed by atoms with Crippen molar-refractivity contribution in [3.8, 4) is 17.8 Å². The van der Waals surface area contributed by atoms with Crippen LogP contribution in [0.25, 0.3) is 5.69 Å². The van der Waals surface area contributed by atoms with E-state index in [2.05, 4.69) is 0 Å². The molecule has 0 aliphatic rings. The van der Waals surface area contributed by atoms with Crippen LogP contribution in [0.5, 0.6) is 0 Å². The molecule has 2 aromatic carbocycles. The van der Waals surface area contributed by atoms with Gasteiger partial charge in [0.15, 0.2) is 22.3 Å². The number of nitriles is 2. The van der Waals surface area contributed by atoms with Crippen LogP contribution in [0.2, 0.25) is 5.02 Å². The largest absolute Gasteiger partial charge is 0.332 e. The van der Waals surface area contributed by atoms with E-state index in [0.717, 1.165) is 16.8 Å². The van der Waals surface area contributed by atoms with Gasteiger partial charge in [-0.05, 0) is 24.3 Å². The summed E-state index contributed by atoms with van der Waals surface area (Å²) in [5, 5.41) is 18.3. The zero-order valence-electron chi connectivity index (χ0n) is 14.5. The average Bonchev–Trinajstić information content (AvgIpc) is 2.71. The first-order valence-corrected chi connectivity index (χ1v) is 8.70. The van der Waals surface area contributed by atoms with Crippen molar-refractivity contribution in [1.29, 1.82) is 10.5 Å². The molecule has 1 N–H and O–H groups in total. The predicted molar refractivity (Wildman–Crippen MR) is 101 cm³/mol. The fourth-order valence-electron chi connectivity index (χ4n) is 2.73. The molecule has 0 aliphatic heterocycles. The predicted octanol–water partition coefficient (Wildman–Crippen LogP) is 3.47. The second-order valence-electron chi connectivity index (χ2n) is 5.94. The standard InChI is InChI=1S/C19H7Cl2F3N4O2/c20-13-5-10(28-7-9(6-25)17(29)27-18(28)30)1-2-11(13)19(21,8-26)12-3-4-14(22)16(24)15(12)23/h1-5,7H,(H,27,29,30). The van der Waals surface area contributed by atoms with E-state index in [0.29, 0.717) is 6.07 Å². The first-order valence-electron chi connectivity index (χ1n) is 7.94. The molecular weight excluding hydrogens is 444 g/mol. The lowest BCUT2D eigenvalue weighted by Gasteiger charge is -2.23. The SMILES string of the molecule is N#Cc1cn(-c2ccc(C(Cl)(C#N)c3ccc(F)c(F)c3F)c(Cl)c2)c(=O)[nH]c1=O. The number of nitrogens with one attached hydrogen (secondary N) is 1. The second kappa shape index (κ2) is 7.71. The molecule has 0 radical (unpaired) electrons. The Bertz CT molecular complexity index is 1390. The molecule has 1 unspecified atom stereocenters. The normalized spacial score (nSPS) is 12.6. The molecule has 11 heteroatoms. The van der Waals surface area contributed by atoms with Crippen molar-refractivity contribution in [1.82, 2.24) is 9.55 Å². The molecule has 0 fully saturated rings. The number of rotatable bonds is 3. The van der Waals surface area contributed by atoms with Crippen molar-refractivity contribution < 1.29 is 13.2 Å². The van der Waals surface area contributed by atoms with E-state index in [1.807, 2.05) is 4.98 Å². The number of aromatic nitrogens is 2. The highest BCUT2D eigenvalue weighted by Crippen LogP contribution is 2.42. The maximum absolute atomic E-state index is 14.3. The molecule has 0 saturated carbocycles. The Kier molecular flexibility index (Phi) is 5.45. The van der Waals surface area contributed by atoms with Gasteiger partial charge < -0.3 is 0 Å². The zero-order chi connectivity index (χ0) is 22.2. The van der Waals surface area contributed by atoms with E-state index in [9.17, 15) is 28.0 Å². The highest BCUT2D eigenvalue weighted by Gasteiger charge is 2.38. The van der Waals surface area contributed by atoms with E-state index >= 15 is 0 Å². The van der Waals surface area contributed by atoms with Crippen molar-refractivity contribution in [2.45, 2.75) is 4.87 Å². The summed E-state index contributed by atoms with van der Waals surface area (Å²) in [6.45, 7) is 0. The van der Waals surface area contributed by atoms with E-state index in [1.54, 1.807) is 12.1 Å². The van der Waals surface area contributed by atoms with Gasteiger partial charge in [-0.15, -0.1) is 0 Å². The Morgan fingerprint density at radius 1 is 1.03 bits per heavy atom. The van der Waals surface area contributed by atoms with Crippen molar-refractivity contribution >= 4 is 23.2 Å². The molecule has 0 saturated heterocycles. The summed E-state index contributed by atoms with van der Waals surface area (Å²) >= 11 is 12.5. The summed E-state index contributed by atoms with van der Waals surface area (Å²) in [5.74, 6) is -4.91. The van der Waals surface area contributed by atoms with Crippen LogP contribution >= 0.6 is 23.2 Å². The van der Waals surface area contributed by atoms with E-state index in [-0.39, 0.29) is 21.8 Å². The summed E-state index contributed by atoms with van der Waals surface area (Å²) in [4.78, 5) is 23.2. The van der Waals surface area contributed by atoms with Crippen LogP contribution in [0.15, 0.2) is 46.1 Å². The van der Waals surface area contributed by atoms with Gasteiger partial charge in [0, 0.05) is 22.3 Å². The Labute approximate surface area is 176 Å². The molecule has 1 atom stereocenters. The maximum Gasteiger partial charge on any atom is 0.332 e. The monoisotopic (exact) mass is 450 g/mol. The quantitative estimate of drug-likeness (QED) is 0.487. The highest BCUT2D eigenvalue weighted by molar-refractivity contribution is 6.35. The summed E-state index contributed by atoms with van der Waals surface area (Å²) in [7, 11) is 0. The Morgan fingerprint density at radius 3 is 2.30 bits per heavy atom. The van der Waals surface area contributed by atoms with Crippen molar-refractivity contribution in [3.05, 3.63) is 96.5 Å². The Hall–Kier alpha value is -3.53. The third-order valence-electron chi connectivity index (χ3n) is 4.22. The highest BCUT2D eigenvalue weighted by atomic mass is 35.5. The van der Waals surface area contributed by atoms with Crippen molar-refractivity contribution in [3.63, 3.8) is 0 Å². The Morgan fingerprint density at radius 2 is 1.70 bits per heavy atom.